The number of Topliss-reactive ketones (excluding diaryl/α,β-unsaturated/α-hetero) is 1. The van der Waals surface area contributed by atoms with Gasteiger partial charge in [-0.1, -0.05) is 13.8 Å². The molecule has 0 aliphatic heterocycles. The molecule has 0 heterocycles. The van der Waals surface area contributed by atoms with Gasteiger partial charge in [0.15, 0.2) is 0 Å². The molecule has 1 fully saturated rings. The predicted octanol–water partition coefficient (Wildman–Crippen LogP) is 3.00. The number of hydrogen-bond donors (Lipinski definition) is 0. The van der Waals surface area contributed by atoms with Gasteiger partial charge in [-0.2, -0.15) is 0 Å². The van der Waals surface area contributed by atoms with Crippen molar-refractivity contribution in [2.75, 3.05) is 6.54 Å². The van der Waals surface area contributed by atoms with E-state index in [0.717, 1.165) is 25.7 Å². The van der Waals surface area contributed by atoms with E-state index in [1.807, 2.05) is 18.7 Å². The second-order valence-electron chi connectivity index (χ2n) is 6.00. The number of alkyl halides is 1. The zero-order valence-corrected chi connectivity index (χ0v) is 12.6. The van der Waals surface area contributed by atoms with Gasteiger partial charge in [-0.3, -0.25) is 9.59 Å². The van der Waals surface area contributed by atoms with Gasteiger partial charge in [0.1, 0.15) is 5.78 Å². The minimum Gasteiger partial charge on any atom is -0.339 e. The molecule has 104 valence electrons. The van der Waals surface area contributed by atoms with Gasteiger partial charge in [-0.05, 0) is 32.6 Å². The zero-order valence-electron chi connectivity index (χ0n) is 11.8. The number of ketones is 1. The van der Waals surface area contributed by atoms with Crippen LogP contribution in [0.1, 0.15) is 53.4 Å². The van der Waals surface area contributed by atoms with Gasteiger partial charge < -0.3 is 4.90 Å². The first kappa shape index (κ1) is 15.5. The molecule has 3 nitrogen and oxygen atoms in total. The largest absolute Gasteiger partial charge is 0.339 e. The summed E-state index contributed by atoms with van der Waals surface area (Å²) in [6, 6.07) is 0.192. The minimum absolute atomic E-state index is 0.0418. The molecule has 0 N–H and O–H groups in total. The summed E-state index contributed by atoms with van der Waals surface area (Å²) >= 11 is 6.19. The van der Waals surface area contributed by atoms with Crippen LogP contribution in [-0.2, 0) is 9.59 Å². The Morgan fingerprint density at radius 1 is 1.28 bits per heavy atom. The lowest BCUT2D eigenvalue weighted by atomic mass is 9.86. The highest BCUT2D eigenvalue weighted by Gasteiger charge is 2.33. The molecule has 0 saturated heterocycles. The maximum atomic E-state index is 11.8. The molecule has 0 aromatic heterocycles. The number of halogens is 1. The lowest BCUT2D eigenvalue weighted by Gasteiger charge is -2.39. The average Bonchev–Trinajstić information content (AvgIpc) is 2.25. The van der Waals surface area contributed by atoms with Crippen LogP contribution >= 0.6 is 11.6 Å². The van der Waals surface area contributed by atoms with Crippen LogP contribution in [0.2, 0.25) is 0 Å². The van der Waals surface area contributed by atoms with E-state index in [-0.39, 0.29) is 23.1 Å². The Labute approximate surface area is 115 Å². The number of hydrogen-bond acceptors (Lipinski definition) is 2. The fraction of sp³-hybridized carbons (Fsp3) is 0.857. The third-order valence-corrected chi connectivity index (χ3v) is 4.34. The van der Waals surface area contributed by atoms with Crippen molar-refractivity contribution in [2.45, 2.75) is 64.8 Å². The Morgan fingerprint density at radius 3 is 2.33 bits per heavy atom. The summed E-state index contributed by atoms with van der Waals surface area (Å²) in [6.07, 6.45) is 3.93. The van der Waals surface area contributed by atoms with E-state index in [0.29, 0.717) is 6.54 Å². The van der Waals surface area contributed by atoms with Gasteiger partial charge in [0.2, 0.25) is 5.91 Å². The van der Waals surface area contributed by atoms with Crippen molar-refractivity contribution in [2.24, 2.45) is 5.41 Å². The van der Waals surface area contributed by atoms with Gasteiger partial charge in [0.25, 0.3) is 0 Å². The maximum Gasteiger partial charge on any atom is 0.219 e. The number of carbonyl (C=O) groups excluding carboxylic acids is 2. The number of carbonyl (C=O) groups is 2. The Bertz CT molecular complexity index is 328. The topological polar surface area (TPSA) is 37.4 Å². The van der Waals surface area contributed by atoms with Crippen molar-refractivity contribution >= 4 is 23.3 Å². The van der Waals surface area contributed by atoms with Crippen LogP contribution in [-0.4, -0.2) is 34.6 Å². The van der Waals surface area contributed by atoms with Crippen LogP contribution in [0.3, 0.4) is 0 Å². The van der Waals surface area contributed by atoms with E-state index in [1.165, 1.54) is 0 Å². The normalized spacial score (nSPS) is 24.7. The predicted molar refractivity (Wildman–Crippen MR) is 73.7 cm³/mol. The molecule has 1 saturated carbocycles. The van der Waals surface area contributed by atoms with Crippen molar-refractivity contribution < 1.29 is 9.59 Å². The first-order valence-corrected chi connectivity index (χ1v) is 7.10. The SMILES string of the molecule is CC(=O)N(CC(C)(C)C(C)=O)C1CCCC(Cl)C1. The highest BCUT2D eigenvalue weighted by Crippen LogP contribution is 2.29. The molecule has 0 spiro atoms. The van der Waals surface area contributed by atoms with Crippen molar-refractivity contribution in [3.8, 4) is 0 Å². The smallest absolute Gasteiger partial charge is 0.219 e. The van der Waals surface area contributed by atoms with E-state index >= 15 is 0 Å². The lowest BCUT2D eigenvalue weighted by molar-refractivity contribution is -0.136. The number of amides is 1. The Hall–Kier alpha value is -0.570. The fourth-order valence-electron chi connectivity index (χ4n) is 2.42. The molecule has 0 aromatic carbocycles. The van der Waals surface area contributed by atoms with Crippen molar-refractivity contribution in [1.29, 1.82) is 0 Å². The summed E-state index contributed by atoms with van der Waals surface area (Å²) in [5.74, 6) is 0.159. The van der Waals surface area contributed by atoms with E-state index in [1.54, 1.807) is 13.8 Å². The number of rotatable bonds is 4. The maximum absolute atomic E-state index is 11.8. The van der Waals surface area contributed by atoms with Crippen LogP contribution in [0.4, 0.5) is 0 Å². The highest BCUT2D eigenvalue weighted by atomic mass is 35.5. The van der Waals surface area contributed by atoms with Crippen LogP contribution < -0.4 is 0 Å². The summed E-state index contributed by atoms with van der Waals surface area (Å²) in [6.45, 7) is 7.45. The van der Waals surface area contributed by atoms with E-state index < -0.39 is 5.41 Å². The lowest BCUT2D eigenvalue weighted by Crippen LogP contribution is -2.48. The van der Waals surface area contributed by atoms with Gasteiger partial charge in [0.05, 0.1) is 0 Å². The fourth-order valence-corrected chi connectivity index (χ4v) is 2.78. The molecule has 0 aromatic rings. The Balaban J connectivity index is 2.77. The minimum atomic E-state index is -0.481. The molecule has 0 radical (unpaired) electrons. The molecule has 1 aliphatic rings. The van der Waals surface area contributed by atoms with Crippen LogP contribution in [0, 0.1) is 5.41 Å². The van der Waals surface area contributed by atoms with Gasteiger partial charge in [0, 0.05) is 30.3 Å². The Kier molecular flexibility index (Phi) is 5.20. The van der Waals surface area contributed by atoms with Crippen molar-refractivity contribution in [1.82, 2.24) is 4.90 Å². The second kappa shape index (κ2) is 6.05. The van der Waals surface area contributed by atoms with Crippen molar-refractivity contribution in [3.63, 3.8) is 0 Å². The summed E-state index contributed by atoms with van der Waals surface area (Å²) in [4.78, 5) is 25.3. The third kappa shape index (κ3) is 3.98. The molecule has 4 heteroatoms. The molecule has 0 bridgehead atoms. The summed E-state index contributed by atoms with van der Waals surface area (Å²) in [5, 5.41) is 0.158. The van der Waals surface area contributed by atoms with Gasteiger partial charge >= 0.3 is 0 Å². The van der Waals surface area contributed by atoms with Crippen LogP contribution in [0.5, 0.6) is 0 Å². The molecule has 1 amide bonds. The van der Waals surface area contributed by atoms with E-state index in [2.05, 4.69) is 0 Å². The molecule has 2 atom stereocenters. The zero-order chi connectivity index (χ0) is 13.9. The number of nitrogens with zero attached hydrogens (tertiary/aromatic N) is 1. The van der Waals surface area contributed by atoms with E-state index in [9.17, 15) is 9.59 Å². The third-order valence-electron chi connectivity index (χ3n) is 3.95. The first-order valence-electron chi connectivity index (χ1n) is 6.66. The molecular weight excluding hydrogens is 250 g/mol. The highest BCUT2D eigenvalue weighted by molar-refractivity contribution is 6.20. The summed E-state index contributed by atoms with van der Waals surface area (Å²) in [5.41, 5.74) is -0.481. The van der Waals surface area contributed by atoms with Gasteiger partial charge in [-0.15, -0.1) is 11.6 Å². The monoisotopic (exact) mass is 273 g/mol. The van der Waals surface area contributed by atoms with E-state index in [4.69, 9.17) is 11.6 Å². The molecular formula is C14H24ClNO2. The Morgan fingerprint density at radius 2 is 1.89 bits per heavy atom. The first-order chi connectivity index (χ1) is 8.24. The molecule has 1 rings (SSSR count). The molecule has 1 aliphatic carbocycles. The molecule has 2 unspecified atom stereocenters. The van der Waals surface area contributed by atoms with Gasteiger partial charge in [-0.25, -0.2) is 0 Å². The van der Waals surface area contributed by atoms with Crippen LogP contribution in [0.15, 0.2) is 0 Å². The summed E-state index contributed by atoms with van der Waals surface area (Å²) < 4.78 is 0. The standard InChI is InChI=1S/C14H24ClNO2/c1-10(17)14(3,4)9-16(11(2)18)13-7-5-6-12(15)8-13/h12-13H,5-9H2,1-4H3. The summed E-state index contributed by atoms with van der Waals surface area (Å²) in [7, 11) is 0. The second-order valence-corrected chi connectivity index (χ2v) is 6.62. The van der Waals surface area contributed by atoms with Crippen LogP contribution in [0.25, 0.3) is 0 Å². The molecule has 18 heavy (non-hydrogen) atoms. The van der Waals surface area contributed by atoms with Crippen molar-refractivity contribution in [3.05, 3.63) is 0 Å². The average molecular weight is 274 g/mol. The quantitative estimate of drug-likeness (QED) is 0.739.